The summed E-state index contributed by atoms with van der Waals surface area (Å²) in [7, 11) is 1.87. The molecule has 1 heterocycles. The smallest absolute Gasteiger partial charge is 0.309 e. The molecule has 0 saturated carbocycles. The number of aldehydes is 1. The van der Waals surface area contributed by atoms with E-state index in [0.717, 1.165) is 11.3 Å². The van der Waals surface area contributed by atoms with Crippen LogP contribution in [0.1, 0.15) is 35.7 Å². The maximum atomic E-state index is 13.1. The summed E-state index contributed by atoms with van der Waals surface area (Å²) >= 11 is 0. The van der Waals surface area contributed by atoms with Gasteiger partial charge in [-0.25, -0.2) is 0 Å². The van der Waals surface area contributed by atoms with Crippen molar-refractivity contribution in [3.8, 4) is 0 Å². The number of esters is 1. The number of amides is 1. The average molecular weight is 483 g/mol. The van der Waals surface area contributed by atoms with Crippen molar-refractivity contribution in [3.05, 3.63) is 65.7 Å². The first kappa shape index (κ1) is 26.4. The maximum Gasteiger partial charge on any atom is 0.309 e. The summed E-state index contributed by atoms with van der Waals surface area (Å²) in [5, 5.41) is 9.50. The summed E-state index contributed by atoms with van der Waals surface area (Å²) in [6.07, 6.45) is 0.0360. The topological polar surface area (TPSA) is 96.4 Å². The molecule has 2 aromatic rings. The summed E-state index contributed by atoms with van der Waals surface area (Å²) in [5.74, 6) is -0.473. The van der Waals surface area contributed by atoms with Gasteiger partial charge in [0.25, 0.3) is 5.91 Å². The molecule has 1 amide bonds. The number of rotatable bonds is 11. The minimum Gasteiger partial charge on any atom is -0.461 e. The van der Waals surface area contributed by atoms with Gasteiger partial charge in [-0.05, 0) is 43.5 Å². The Morgan fingerprint density at radius 2 is 1.86 bits per heavy atom. The van der Waals surface area contributed by atoms with Crippen LogP contribution in [0.15, 0.2) is 54.6 Å². The van der Waals surface area contributed by atoms with E-state index in [1.165, 1.54) is 6.92 Å². The number of likely N-dealkylation sites (N-methyl/N-ethyl adjacent to an activating group) is 1. The van der Waals surface area contributed by atoms with E-state index in [1.54, 1.807) is 11.0 Å². The minimum absolute atomic E-state index is 0.0669. The van der Waals surface area contributed by atoms with E-state index in [0.29, 0.717) is 44.3 Å². The third-order valence-corrected chi connectivity index (χ3v) is 6.22. The average Bonchev–Trinajstić information content (AvgIpc) is 2.89. The van der Waals surface area contributed by atoms with Gasteiger partial charge in [0.15, 0.2) is 6.29 Å². The predicted octanol–water partition coefficient (Wildman–Crippen LogP) is 2.68. The third kappa shape index (κ3) is 7.63. The van der Waals surface area contributed by atoms with Crippen LogP contribution in [0.3, 0.4) is 0 Å². The first-order valence-corrected chi connectivity index (χ1v) is 11.9. The van der Waals surface area contributed by atoms with Gasteiger partial charge in [0.05, 0.1) is 18.6 Å². The number of likely N-dealkylation sites (tertiary alicyclic amines) is 1. The summed E-state index contributed by atoms with van der Waals surface area (Å²) in [4.78, 5) is 40.2. The Labute approximate surface area is 206 Å². The van der Waals surface area contributed by atoms with Crippen LogP contribution < -0.4 is 4.90 Å². The van der Waals surface area contributed by atoms with E-state index in [4.69, 9.17) is 9.47 Å². The number of benzene rings is 2. The fourth-order valence-electron chi connectivity index (χ4n) is 3.97. The zero-order valence-electron chi connectivity index (χ0n) is 20.3. The number of carbonyl (C=O) groups excluding carboxylic acids is 3. The van der Waals surface area contributed by atoms with Crippen LogP contribution in [0.2, 0.25) is 0 Å². The van der Waals surface area contributed by atoms with Crippen molar-refractivity contribution < 1.29 is 29.0 Å². The molecule has 0 aliphatic carbocycles. The van der Waals surface area contributed by atoms with E-state index in [9.17, 15) is 19.5 Å². The first-order chi connectivity index (χ1) is 16.9. The molecule has 8 heteroatoms. The van der Waals surface area contributed by atoms with Gasteiger partial charge < -0.3 is 29.2 Å². The molecule has 188 valence electrons. The Balaban J connectivity index is 1.48. The van der Waals surface area contributed by atoms with Gasteiger partial charge in [0.1, 0.15) is 12.7 Å². The van der Waals surface area contributed by atoms with Crippen molar-refractivity contribution in [1.29, 1.82) is 0 Å². The highest BCUT2D eigenvalue weighted by molar-refractivity contribution is 5.95. The molecule has 0 spiro atoms. The SMILES string of the molecule is C[C@H](O)C(C=O)OCCN(C)c1cccc(C(=O)N2CCC(C(=O)OCc3ccccc3)CC2)c1. The second kappa shape index (κ2) is 13.0. The van der Waals surface area contributed by atoms with Gasteiger partial charge in [-0.3, -0.25) is 9.59 Å². The molecule has 0 aromatic heterocycles. The van der Waals surface area contributed by atoms with E-state index >= 15 is 0 Å². The van der Waals surface area contributed by atoms with Gasteiger partial charge in [0.2, 0.25) is 0 Å². The lowest BCUT2D eigenvalue weighted by Gasteiger charge is -2.31. The number of hydrogen-bond donors (Lipinski definition) is 1. The largest absolute Gasteiger partial charge is 0.461 e. The van der Waals surface area contributed by atoms with E-state index in [2.05, 4.69) is 0 Å². The number of ether oxygens (including phenoxy) is 2. The molecule has 3 rings (SSSR count). The number of nitrogens with zero attached hydrogens (tertiary/aromatic N) is 2. The Kier molecular flexibility index (Phi) is 9.81. The highest BCUT2D eigenvalue weighted by Crippen LogP contribution is 2.22. The van der Waals surface area contributed by atoms with Crippen molar-refractivity contribution in [1.82, 2.24) is 4.90 Å². The van der Waals surface area contributed by atoms with Crippen LogP contribution in [-0.2, 0) is 25.7 Å². The Morgan fingerprint density at radius 3 is 2.51 bits per heavy atom. The number of piperidine rings is 1. The highest BCUT2D eigenvalue weighted by atomic mass is 16.5. The number of anilines is 1. The molecular formula is C27H34N2O6. The molecule has 1 saturated heterocycles. The summed E-state index contributed by atoms with van der Waals surface area (Å²) in [5.41, 5.74) is 2.38. The molecule has 2 atom stereocenters. The monoisotopic (exact) mass is 482 g/mol. The molecule has 1 unspecified atom stereocenters. The third-order valence-electron chi connectivity index (χ3n) is 6.22. The predicted molar refractivity (Wildman–Crippen MR) is 132 cm³/mol. The quantitative estimate of drug-likeness (QED) is 0.389. The van der Waals surface area contributed by atoms with Crippen LogP contribution in [0, 0.1) is 5.92 Å². The van der Waals surface area contributed by atoms with Gasteiger partial charge in [0, 0.05) is 37.9 Å². The molecule has 8 nitrogen and oxygen atoms in total. The zero-order chi connectivity index (χ0) is 25.2. The second-order valence-electron chi connectivity index (χ2n) is 8.84. The fourth-order valence-corrected chi connectivity index (χ4v) is 3.97. The van der Waals surface area contributed by atoms with Crippen molar-refractivity contribution >= 4 is 23.9 Å². The molecule has 0 bridgehead atoms. The Morgan fingerprint density at radius 1 is 1.14 bits per heavy atom. The zero-order valence-corrected chi connectivity index (χ0v) is 20.3. The van der Waals surface area contributed by atoms with Gasteiger partial charge >= 0.3 is 5.97 Å². The van der Waals surface area contributed by atoms with Crippen LogP contribution in [0.25, 0.3) is 0 Å². The molecule has 1 aliphatic rings. The van der Waals surface area contributed by atoms with Gasteiger partial charge in [-0.2, -0.15) is 0 Å². The van der Waals surface area contributed by atoms with Crippen LogP contribution in [0.4, 0.5) is 5.69 Å². The Bertz CT molecular complexity index is 973. The van der Waals surface area contributed by atoms with E-state index in [1.807, 2.05) is 60.5 Å². The van der Waals surface area contributed by atoms with Crippen molar-refractivity contribution in [2.75, 3.05) is 38.2 Å². The minimum atomic E-state index is -0.867. The van der Waals surface area contributed by atoms with Gasteiger partial charge in [-0.1, -0.05) is 36.4 Å². The lowest BCUT2D eigenvalue weighted by molar-refractivity contribution is -0.151. The van der Waals surface area contributed by atoms with Crippen LogP contribution in [-0.4, -0.2) is 73.7 Å². The number of aliphatic hydroxyl groups is 1. The second-order valence-corrected chi connectivity index (χ2v) is 8.84. The molecule has 1 aliphatic heterocycles. The fraction of sp³-hybridized carbons (Fsp3) is 0.444. The number of carbonyl (C=O) groups is 3. The number of hydrogen-bond acceptors (Lipinski definition) is 7. The van der Waals surface area contributed by atoms with Crippen molar-refractivity contribution in [2.45, 2.75) is 38.6 Å². The molecule has 1 N–H and O–H groups in total. The maximum absolute atomic E-state index is 13.1. The standard InChI is InChI=1S/C27H34N2O6/c1-20(31)25(18-30)34-16-15-28(2)24-10-6-9-23(17-24)26(32)29-13-11-22(12-14-29)27(33)35-19-21-7-4-3-5-8-21/h3-10,17-18,20,22,25,31H,11-16,19H2,1-2H3/t20-,25?/m0/s1. The lowest BCUT2D eigenvalue weighted by Crippen LogP contribution is -2.40. The van der Waals surface area contributed by atoms with Crippen LogP contribution in [0.5, 0.6) is 0 Å². The first-order valence-electron chi connectivity index (χ1n) is 11.9. The molecule has 0 radical (unpaired) electrons. The molecule has 1 fully saturated rings. The summed E-state index contributed by atoms with van der Waals surface area (Å²) in [6, 6.07) is 16.9. The lowest BCUT2D eigenvalue weighted by atomic mass is 9.96. The van der Waals surface area contributed by atoms with E-state index in [-0.39, 0.29) is 31.0 Å². The highest BCUT2D eigenvalue weighted by Gasteiger charge is 2.29. The normalized spacial score (nSPS) is 15.8. The summed E-state index contributed by atoms with van der Waals surface area (Å²) < 4.78 is 10.9. The molecule has 35 heavy (non-hydrogen) atoms. The van der Waals surface area contributed by atoms with Crippen molar-refractivity contribution in [2.24, 2.45) is 5.92 Å². The van der Waals surface area contributed by atoms with Crippen LogP contribution >= 0.6 is 0 Å². The number of aliphatic hydroxyl groups excluding tert-OH is 1. The Hall–Kier alpha value is -3.23. The van der Waals surface area contributed by atoms with E-state index < -0.39 is 12.2 Å². The summed E-state index contributed by atoms with van der Waals surface area (Å²) in [6.45, 7) is 3.53. The molecule has 2 aromatic carbocycles. The molecular weight excluding hydrogens is 448 g/mol. The van der Waals surface area contributed by atoms with Gasteiger partial charge in [-0.15, -0.1) is 0 Å². The van der Waals surface area contributed by atoms with Crippen molar-refractivity contribution in [3.63, 3.8) is 0 Å².